The third kappa shape index (κ3) is 5.82. The van der Waals surface area contributed by atoms with Crippen molar-refractivity contribution in [3.05, 3.63) is 22.4 Å². The van der Waals surface area contributed by atoms with Gasteiger partial charge in [-0.3, -0.25) is 9.59 Å². The molecule has 0 aliphatic carbocycles. The highest BCUT2D eigenvalue weighted by molar-refractivity contribution is 7.09. The van der Waals surface area contributed by atoms with Crippen LogP contribution >= 0.6 is 11.3 Å². The zero-order valence-electron chi connectivity index (χ0n) is 10.8. The number of esters is 1. The summed E-state index contributed by atoms with van der Waals surface area (Å²) in [5.41, 5.74) is 0. The van der Waals surface area contributed by atoms with Crippen LogP contribution in [0.25, 0.3) is 0 Å². The highest BCUT2D eigenvalue weighted by Gasteiger charge is 2.11. The second-order valence-corrected chi connectivity index (χ2v) is 5.21. The van der Waals surface area contributed by atoms with E-state index in [1.54, 1.807) is 18.3 Å². The van der Waals surface area contributed by atoms with E-state index >= 15 is 0 Å². The van der Waals surface area contributed by atoms with Crippen molar-refractivity contribution in [1.82, 2.24) is 5.32 Å². The SMILES string of the molecule is COC(=O)CC(C)NC(=O)CCCc1cccs1. The number of aryl methyl sites for hydroxylation is 1. The summed E-state index contributed by atoms with van der Waals surface area (Å²) in [4.78, 5) is 23.9. The number of thiophene rings is 1. The van der Waals surface area contributed by atoms with Gasteiger partial charge in [-0.1, -0.05) is 6.07 Å². The maximum absolute atomic E-state index is 11.6. The van der Waals surface area contributed by atoms with Crippen molar-refractivity contribution in [2.75, 3.05) is 7.11 Å². The van der Waals surface area contributed by atoms with Crippen molar-refractivity contribution in [3.63, 3.8) is 0 Å². The molecule has 0 bridgehead atoms. The summed E-state index contributed by atoms with van der Waals surface area (Å²) in [5, 5.41) is 4.82. The number of rotatable bonds is 7. The van der Waals surface area contributed by atoms with Crippen molar-refractivity contribution >= 4 is 23.2 Å². The van der Waals surface area contributed by atoms with Crippen LogP contribution in [-0.4, -0.2) is 25.0 Å². The Morgan fingerprint density at radius 3 is 2.89 bits per heavy atom. The topological polar surface area (TPSA) is 55.4 Å². The fourth-order valence-corrected chi connectivity index (χ4v) is 2.36. The molecule has 18 heavy (non-hydrogen) atoms. The summed E-state index contributed by atoms with van der Waals surface area (Å²) in [6.45, 7) is 1.80. The van der Waals surface area contributed by atoms with Gasteiger partial charge in [0.05, 0.1) is 13.5 Å². The fraction of sp³-hybridized carbons (Fsp3) is 0.538. The van der Waals surface area contributed by atoms with Crippen molar-refractivity contribution < 1.29 is 14.3 Å². The highest BCUT2D eigenvalue weighted by Crippen LogP contribution is 2.11. The van der Waals surface area contributed by atoms with Crippen LogP contribution in [0.3, 0.4) is 0 Å². The quantitative estimate of drug-likeness (QED) is 0.772. The number of hydrogen-bond acceptors (Lipinski definition) is 4. The Kier molecular flexibility index (Phi) is 6.43. The predicted molar refractivity (Wildman–Crippen MR) is 71.5 cm³/mol. The largest absolute Gasteiger partial charge is 0.469 e. The van der Waals surface area contributed by atoms with Crippen LogP contribution in [0.4, 0.5) is 0 Å². The van der Waals surface area contributed by atoms with E-state index in [0.717, 1.165) is 12.8 Å². The third-order valence-electron chi connectivity index (χ3n) is 2.52. The van der Waals surface area contributed by atoms with Gasteiger partial charge in [0.1, 0.15) is 0 Å². The van der Waals surface area contributed by atoms with Gasteiger partial charge in [-0.05, 0) is 31.2 Å². The molecule has 1 aromatic rings. The molecule has 1 unspecified atom stereocenters. The highest BCUT2D eigenvalue weighted by atomic mass is 32.1. The molecule has 1 heterocycles. The molecule has 0 saturated carbocycles. The molecule has 5 heteroatoms. The van der Waals surface area contributed by atoms with Gasteiger partial charge in [0.25, 0.3) is 0 Å². The number of amides is 1. The van der Waals surface area contributed by atoms with Crippen molar-refractivity contribution in [2.24, 2.45) is 0 Å². The summed E-state index contributed by atoms with van der Waals surface area (Å²) in [5.74, 6) is -0.315. The first kappa shape index (κ1) is 14.7. The molecule has 1 atom stereocenters. The lowest BCUT2D eigenvalue weighted by molar-refractivity contribution is -0.141. The minimum atomic E-state index is -0.304. The molecule has 0 aromatic carbocycles. The van der Waals surface area contributed by atoms with Crippen LogP contribution < -0.4 is 5.32 Å². The molecule has 1 rings (SSSR count). The van der Waals surface area contributed by atoms with Crippen LogP contribution in [0.2, 0.25) is 0 Å². The number of hydrogen-bond donors (Lipinski definition) is 1. The molecule has 0 aliphatic heterocycles. The second-order valence-electron chi connectivity index (χ2n) is 4.18. The number of carbonyl (C=O) groups is 2. The average Bonchev–Trinajstić information content (AvgIpc) is 2.81. The average molecular weight is 269 g/mol. The molecule has 4 nitrogen and oxygen atoms in total. The van der Waals surface area contributed by atoms with E-state index in [-0.39, 0.29) is 24.3 Å². The van der Waals surface area contributed by atoms with Gasteiger partial charge >= 0.3 is 5.97 Å². The number of methoxy groups -OCH3 is 1. The lowest BCUT2D eigenvalue weighted by atomic mass is 10.2. The zero-order chi connectivity index (χ0) is 13.4. The van der Waals surface area contributed by atoms with Gasteiger partial charge in [0.2, 0.25) is 5.91 Å². The molecular formula is C13H19NO3S. The molecule has 1 amide bonds. The van der Waals surface area contributed by atoms with E-state index in [0.29, 0.717) is 6.42 Å². The Balaban J connectivity index is 2.15. The van der Waals surface area contributed by atoms with E-state index in [2.05, 4.69) is 16.1 Å². The lowest BCUT2D eigenvalue weighted by Crippen LogP contribution is -2.34. The Labute approximate surface area is 111 Å². The summed E-state index contributed by atoms with van der Waals surface area (Å²) in [6.07, 6.45) is 2.46. The number of nitrogens with one attached hydrogen (secondary N) is 1. The van der Waals surface area contributed by atoms with Gasteiger partial charge in [-0.25, -0.2) is 0 Å². The third-order valence-corrected chi connectivity index (χ3v) is 3.45. The Hall–Kier alpha value is -1.36. The van der Waals surface area contributed by atoms with Gasteiger partial charge in [0.15, 0.2) is 0 Å². The van der Waals surface area contributed by atoms with Gasteiger partial charge in [-0.15, -0.1) is 11.3 Å². The molecule has 1 aromatic heterocycles. The summed E-state index contributed by atoms with van der Waals surface area (Å²) in [7, 11) is 1.35. The van der Waals surface area contributed by atoms with Gasteiger partial charge < -0.3 is 10.1 Å². The standard InChI is InChI=1S/C13H19NO3S/c1-10(9-13(16)17-2)14-12(15)7-3-5-11-6-4-8-18-11/h4,6,8,10H,3,5,7,9H2,1-2H3,(H,14,15). The maximum Gasteiger partial charge on any atom is 0.307 e. The van der Waals surface area contributed by atoms with Crippen molar-refractivity contribution in [1.29, 1.82) is 0 Å². The number of carbonyl (C=O) groups excluding carboxylic acids is 2. The number of ether oxygens (including phenoxy) is 1. The summed E-state index contributed by atoms with van der Waals surface area (Å²) >= 11 is 1.71. The molecule has 0 radical (unpaired) electrons. The Morgan fingerprint density at radius 1 is 1.50 bits per heavy atom. The van der Waals surface area contributed by atoms with E-state index in [9.17, 15) is 9.59 Å². The van der Waals surface area contributed by atoms with Crippen molar-refractivity contribution in [2.45, 2.75) is 38.6 Å². The Morgan fingerprint density at radius 2 is 2.28 bits per heavy atom. The molecule has 0 fully saturated rings. The first-order chi connectivity index (χ1) is 8.61. The molecular weight excluding hydrogens is 250 g/mol. The normalized spacial score (nSPS) is 11.9. The van der Waals surface area contributed by atoms with E-state index in [1.807, 2.05) is 11.4 Å². The minimum Gasteiger partial charge on any atom is -0.469 e. The van der Waals surface area contributed by atoms with E-state index in [1.165, 1.54) is 12.0 Å². The zero-order valence-corrected chi connectivity index (χ0v) is 11.6. The first-order valence-corrected chi connectivity index (χ1v) is 6.88. The summed E-state index contributed by atoms with van der Waals surface area (Å²) < 4.78 is 4.54. The maximum atomic E-state index is 11.6. The first-order valence-electron chi connectivity index (χ1n) is 6.00. The van der Waals surface area contributed by atoms with Crippen LogP contribution in [0.15, 0.2) is 17.5 Å². The van der Waals surface area contributed by atoms with Crippen molar-refractivity contribution in [3.8, 4) is 0 Å². The van der Waals surface area contributed by atoms with Crippen LogP contribution in [0.5, 0.6) is 0 Å². The molecule has 0 aliphatic rings. The van der Waals surface area contributed by atoms with Crippen LogP contribution in [0.1, 0.15) is 31.1 Å². The fourth-order valence-electron chi connectivity index (χ4n) is 1.61. The summed E-state index contributed by atoms with van der Waals surface area (Å²) in [6, 6.07) is 3.91. The van der Waals surface area contributed by atoms with Gasteiger partial charge in [-0.2, -0.15) is 0 Å². The van der Waals surface area contributed by atoms with E-state index in [4.69, 9.17) is 0 Å². The second kappa shape index (κ2) is 7.87. The molecule has 1 N–H and O–H groups in total. The van der Waals surface area contributed by atoms with Crippen LogP contribution in [0, 0.1) is 0 Å². The molecule has 0 spiro atoms. The van der Waals surface area contributed by atoms with E-state index < -0.39 is 0 Å². The van der Waals surface area contributed by atoms with Gasteiger partial charge in [0, 0.05) is 17.3 Å². The lowest BCUT2D eigenvalue weighted by Gasteiger charge is -2.12. The molecule has 100 valence electrons. The van der Waals surface area contributed by atoms with Crippen LogP contribution in [-0.2, 0) is 20.7 Å². The molecule has 0 saturated heterocycles. The monoisotopic (exact) mass is 269 g/mol. The predicted octanol–water partition coefficient (Wildman–Crippen LogP) is 2.14. The Bertz CT molecular complexity index is 376. The minimum absolute atomic E-state index is 0.0111. The smallest absolute Gasteiger partial charge is 0.307 e.